The van der Waals surface area contributed by atoms with E-state index in [0.29, 0.717) is 38.0 Å². The van der Waals surface area contributed by atoms with Crippen LogP contribution < -0.4 is 10.6 Å². The summed E-state index contributed by atoms with van der Waals surface area (Å²) in [6, 6.07) is 0.870. The lowest BCUT2D eigenvalue weighted by Gasteiger charge is -2.33. The fourth-order valence-corrected chi connectivity index (χ4v) is 4.36. The lowest BCUT2D eigenvalue weighted by Crippen LogP contribution is -2.58. The van der Waals surface area contributed by atoms with Gasteiger partial charge in [-0.3, -0.25) is 9.59 Å². The summed E-state index contributed by atoms with van der Waals surface area (Å²) in [5.41, 5.74) is 0.455. The maximum Gasteiger partial charge on any atom is 0.328 e. The van der Waals surface area contributed by atoms with Crippen molar-refractivity contribution in [3.63, 3.8) is 0 Å². The molecule has 2 aliphatic heterocycles. The molecular weight excluding hydrogens is 402 g/mol. The van der Waals surface area contributed by atoms with Crippen LogP contribution in [0.15, 0.2) is 18.3 Å². The van der Waals surface area contributed by atoms with Gasteiger partial charge < -0.3 is 29.7 Å². The summed E-state index contributed by atoms with van der Waals surface area (Å²) < 4.78 is 6.56. The van der Waals surface area contributed by atoms with Crippen LogP contribution in [-0.2, 0) is 21.4 Å². The Morgan fingerprint density at radius 1 is 1.13 bits per heavy atom. The highest BCUT2D eigenvalue weighted by atomic mass is 16.5. The molecule has 0 radical (unpaired) electrons. The highest BCUT2D eigenvalue weighted by Crippen LogP contribution is 2.27. The molecule has 2 fully saturated rings. The molecule has 4 amide bonds. The number of hydrogen-bond acceptors (Lipinski definition) is 5. The third-order valence-electron chi connectivity index (χ3n) is 5.82. The highest BCUT2D eigenvalue weighted by Gasteiger charge is 2.48. The quantitative estimate of drug-likeness (QED) is 0.656. The topological polar surface area (TPSA) is 113 Å². The van der Waals surface area contributed by atoms with Gasteiger partial charge in [0.2, 0.25) is 5.91 Å². The van der Waals surface area contributed by atoms with Crippen LogP contribution in [0.4, 0.5) is 4.79 Å². The smallest absolute Gasteiger partial charge is 0.328 e. The Morgan fingerprint density at radius 3 is 2.48 bits per heavy atom. The molecule has 0 unspecified atom stereocenters. The monoisotopic (exact) mass is 433 g/mol. The maximum absolute atomic E-state index is 13.6. The zero-order valence-corrected chi connectivity index (χ0v) is 18.5. The molecule has 1 aromatic heterocycles. The van der Waals surface area contributed by atoms with Crippen molar-refractivity contribution in [3.8, 4) is 0 Å². The Morgan fingerprint density at radius 2 is 1.87 bits per heavy atom. The molecule has 170 valence electrons. The fraction of sp³-hybridized carbons (Fsp3) is 0.619. The second kappa shape index (κ2) is 9.40. The van der Waals surface area contributed by atoms with Gasteiger partial charge in [0.15, 0.2) is 0 Å². The molecule has 0 spiro atoms. The van der Waals surface area contributed by atoms with Crippen molar-refractivity contribution >= 4 is 23.8 Å². The molecule has 3 rings (SSSR count). The van der Waals surface area contributed by atoms with Gasteiger partial charge in [-0.2, -0.15) is 0 Å². The number of aromatic nitrogens is 1. The minimum absolute atomic E-state index is 0.0704. The van der Waals surface area contributed by atoms with Gasteiger partial charge in [-0.1, -0.05) is 0 Å². The number of amides is 4. The van der Waals surface area contributed by atoms with E-state index in [-0.39, 0.29) is 17.9 Å². The number of rotatable bonds is 5. The Balaban J connectivity index is 1.88. The lowest BCUT2D eigenvalue weighted by molar-refractivity contribution is -0.152. The highest BCUT2D eigenvalue weighted by molar-refractivity contribution is 5.98. The summed E-state index contributed by atoms with van der Waals surface area (Å²) in [6.07, 6.45) is 3.40. The fourth-order valence-electron chi connectivity index (χ4n) is 4.36. The van der Waals surface area contributed by atoms with Gasteiger partial charge in [0.25, 0.3) is 5.91 Å². The number of hydrogen-bond donors (Lipinski definition) is 2. The molecule has 2 aliphatic rings. The summed E-state index contributed by atoms with van der Waals surface area (Å²) in [7, 11) is 3.06. The van der Waals surface area contributed by atoms with Gasteiger partial charge in [-0.15, -0.1) is 0 Å². The summed E-state index contributed by atoms with van der Waals surface area (Å²) >= 11 is 0. The van der Waals surface area contributed by atoms with Crippen LogP contribution >= 0.6 is 0 Å². The zero-order valence-electron chi connectivity index (χ0n) is 18.5. The van der Waals surface area contributed by atoms with Crippen molar-refractivity contribution in [2.75, 3.05) is 20.2 Å². The first-order valence-corrected chi connectivity index (χ1v) is 10.6. The number of likely N-dealkylation sites (tertiary alicyclic amines) is 2. The van der Waals surface area contributed by atoms with Crippen LogP contribution in [0.1, 0.15) is 43.6 Å². The Labute approximate surface area is 181 Å². The molecule has 0 aromatic carbocycles. The maximum atomic E-state index is 13.6. The number of nitrogens with one attached hydrogen (secondary N) is 2. The van der Waals surface area contributed by atoms with Crippen molar-refractivity contribution in [1.29, 1.82) is 0 Å². The summed E-state index contributed by atoms with van der Waals surface area (Å²) in [4.78, 5) is 54.4. The van der Waals surface area contributed by atoms with Crippen LogP contribution in [0.5, 0.6) is 0 Å². The van der Waals surface area contributed by atoms with E-state index in [1.807, 2.05) is 13.8 Å². The summed E-state index contributed by atoms with van der Waals surface area (Å²) in [5.74, 6) is -1.10. The van der Waals surface area contributed by atoms with E-state index in [0.717, 1.165) is 0 Å². The number of urea groups is 1. The Hall–Kier alpha value is -3.04. The van der Waals surface area contributed by atoms with Gasteiger partial charge in [0.05, 0.1) is 13.2 Å². The molecule has 0 bridgehead atoms. The number of carbonyl (C=O) groups is 4. The molecule has 3 atom stereocenters. The van der Waals surface area contributed by atoms with E-state index in [2.05, 4.69) is 10.6 Å². The standard InChI is InChI=1S/C21H31N5O5/c1-13(2)22-21(30)23-14-9-12-26(18(27)15-7-5-10-24(15)3)17(14)19(28)25-11-6-8-16(25)20(29)31-4/h5,7,10,13-14,16-17H,6,8-9,11-12H2,1-4H3,(H2,22,23,30)/t14-,16+,17-/m0/s1. The van der Waals surface area contributed by atoms with Gasteiger partial charge in [0, 0.05) is 32.4 Å². The van der Waals surface area contributed by atoms with Gasteiger partial charge in [-0.25, -0.2) is 9.59 Å². The van der Waals surface area contributed by atoms with Gasteiger partial charge >= 0.3 is 12.0 Å². The predicted molar refractivity (Wildman–Crippen MR) is 112 cm³/mol. The number of carbonyl (C=O) groups excluding carboxylic acids is 4. The summed E-state index contributed by atoms with van der Waals surface area (Å²) in [6.45, 7) is 4.41. The van der Waals surface area contributed by atoms with Gasteiger partial charge in [-0.05, 0) is 45.2 Å². The van der Waals surface area contributed by atoms with Crippen LogP contribution in [0.3, 0.4) is 0 Å². The number of nitrogens with zero attached hydrogens (tertiary/aromatic N) is 3. The van der Waals surface area contributed by atoms with E-state index in [4.69, 9.17) is 4.74 Å². The van der Waals surface area contributed by atoms with Gasteiger partial charge in [0.1, 0.15) is 17.8 Å². The molecule has 0 aliphatic carbocycles. The molecule has 10 heteroatoms. The second-order valence-electron chi connectivity index (χ2n) is 8.33. The number of ether oxygens (including phenoxy) is 1. The third-order valence-corrected chi connectivity index (χ3v) is 5.82. The molecular formula is C21H31N5O5. The molecule has 1 aromatic rings. The van der Waals surface area contributed by atoms with Crippen molar-refractivity contribution in [2.45, 2.75) is 57.3 Å². The molecule has 2 N–H and O–H groups in total. The number of methoxy groups -OCH3 is 1. The largest absolute Gasteiger partial charge is 0.467 e. The van der Waals surface area contributed by atoms with E-state index in [9.17, 15) is 19.2 Å². The average Bonchev–Trinajstić information content (AvgIpc) is 3.45. The first kappa shape index (κ1) is 22.6. The van der Waals surface area contributed by atoms with E-state index in [1.54, 1.807) is 29.9 Å². The van der Waals surface area contributed by atoms with Crippen molar-refractivity contribution in [2.24, 2.45) is 7.05 Å². The van der Waals surface area contributed by atoms with E-state index >= 15 is 0 Å². The SMILES string of the molecule is COC(=O)[C@H]1CCCN1C(=O)[C@@H]1[C@@H](NC(=O)NC(C)C)CCN1C(=O)c1cccn1C. The Bertz CT molecular complexity index is 851. The lowest BCUT2D eigenvalue weighted by atomic mass is 10.1. The first-order valence-electron chi connectivity index (χ1n) is 10.6. The normalized spacial score (nSPS) is 23.2. The van der Waals surface area contributed by atoms with Crippen LogP contribution in [0.2, 0.25) is 0 Å². The third kappa shape index (κ3) is 4.67. The number of esters is 1. The van der Waals surface area contributed by atoms with Crippen molar-refractivity contribution in [1.82, 2.24) is 25.0 Å². The first-order chi connectivity index (χ1) is 14.7. The number of aryl methyl sites for hydroxylation is 1. The van der Waals surface area contributed by atoms with Crippen LogP contribution in [0, 0.1) is 0 Å². The van der Waals surface area contributed by atoms with Crippen LogP contribution in [-0.4, -0.2) is 82.5 Å². The Kier molecular flexibility index (Phi) is 6.87. The van der Waals surface area contributed by atoms with E-state index < -0.39 is 30.1 Å². The second-order valence-corrected chi connectivity index (χ2v) is 8.33. The molecule has 0 saturated carbocycles. The average molecular weight is 434 g/mol. The van der Waals surface area contributed by atoms with Crippen molar-refractivity contribution < 1.29 is 23.9 Å². The zero-order chi connectivity index (χ0) is 22.7. The molecule has 31 heavy (non-hydrogen) atoms. The predicted octanol–water partition coefficient (Wildman–Crippen LogP) is 0.480. The molecule has 2 saturated heterocycles. The van der Waals surface area contributed by atoms with E-state index in [1.165, 1.54) is 16.9 Å². The van der Waals surface area contributed by atoms with Crippen molar-refractivity contribution in [3.05, 3.63) is 24.0 Å². The minimum atomic E-state index is -0.898. The minimum Gasteiger partial charge on any atom is -0.467 e. The molecule has 10 nitrogen and oxygen atoms in total. The summed E-state index contributed by atoms with van der Waals surface area (Å²) in [5, 5.41) is 5.61. The van der Waals surface area contributed by atoms with Crippen LogP contribution in [0.25, 0.3) is 0 Å². The molecule has 3 heterocycles.